The van der Waals surface area contributed by atoms with Gasteiger partial charge in [-0.1, -0.05) is 0 Å². The first-order valence-electron chi connectivity index (χ1n) is 7.16. The predicted molar refractivity (Wildman–Crippen MR) is 95.0 cm³/mol. The van der Waals surface area contributed by atoms with Gasteiger partial charge in [-0.15, -0.1) is 5.10 Å². The topological polar surface area (TPSA) is 141 Å². The molecule has 1 aromatic carbocycles. The number of benzene rings is 1. The van der Waals surface area contributed by atoms with Crippen LogP contribution in [-0.4, -0.2) is 40.5 Å². The molecule has 25 heavy (non-hydrogen) atoms. The van der Waals surface area contributed by atoms with Gasteiger partial charge in [0.15, 0.2) is 0 Å². The summed E-state index contributed by atoms with van der Waals surface area (Å²) in [5.74, 6) is 0.0503. The van der Waals surface area contributed by atoms with Crippen molar-refractivity contribution >= 4 is 33.9 Å². The molecule has 0 saturated heterocycles. The predicted octanol–water partition coefficient (Wildman–Crippen LogP) is 0.182. The van der Waals surface area contributed by atoms with Gasteiger partial charge >= 0.3 is 5.69 Å². The Labute approximate surface area is 149 Å². The van der Waals surface area contributed by atoms with Gasteiger partial charge < -0.3 is 10.1 Å². The lowest BCUT2D eigenvalue weighted by Crippen LogP contribution is -2.31. The number of nitrogens with zero attached hydrogens (tertiary/aromatic N) is 2. The molecule has 0 atom stereocenters. The highest BCUT2D eigenvalue weighted by molar-refractivity contribution is 9.10. The zero-order valence-corrected chi connectivity index (χ0v) is 14.7. The number of aromatic amines is 2. The Hall–Kier alpha value is -2.95. The highest BCUT2D eigenvalue weighted by Crippen LogP contribution is 2.25. The highest BCUT2D eigenvalue weighted by atomic mass is 79.9. The van der Waals surface area contributed by atoms with E-state index in [-0.39, 0.29) is 12.4 Å². The molecule has 0 aliphatic heterocycles. The highest BCUT2D eigenvalue weighted by Gasteiger charge is 2.05. The number of amides is 1. The van der Waals surface area contributed by atoms with Crippen molar-refractivity contribution in [3.8, 4) is 5.75 Å². The Morgan fingerprint density at radius 1 is 1.44 bits per heavy atom. The molecule has 0 spiro atoms. The lowest BCUT2D eigenvalue weighted by atomic mass is 10.2. The minimum atomic E-state index is -0.730. The zero-order chi connectivity index (χ0) is 18.2. The third-order valence-corrected chi connectivity index (χ3v) is 3.41. The molecule has 10 nitrogen and oxygen atoms in total. The SMILES string of the molecule is CCOc1ccc(/C=N/NC(=O)CNc2n[nH]c(=O)[nH]c2=O)cc1Br. The Kier molecular flexibility index (Phi) is 6.46. The summed E-state index contributed by atoms with van der Waals surface area (Å²) in [5, 5.41) is 11.8. The molecule has 0 fully saturated rings. The standard InChI is InChI=1S/C14H15BrN6O4/c1-2-25-10-4-3-8(5-9(10)15)6-17-19-11(22)7-16-12-13(23)18-14(24)21-20-12/h3-6H,2,7H2,1H3,(H,16,20)(H,19,22)(H2,18,21,23,24)/b17-6+. The fraction of sp³-hybridized carbons (Fsp3) is 0.214. The number of rotatable bonds is 7. The van der Waals surface area contributed by atoms with Crippen LogP contribution in [0.15, 0.2) is 37.4 Å². The number of hydrogen-bond donors (Lipinski definition) is 4. The molecule has 1 aromatic heterocycles. The minimum Gasteiger partial charge on any atom is -0.493 e. The average molecular weight is 411 g/mol. The summed E-state index contributed by atoms with van der Waals surface area (Å²) in [6, 6.07) is 5.36. The van der Waals surface area contributed by atoms with Crippen LogP contribution in [0.1, 0.15) is 12.5 Å². The Morgan fingerprint density at radius 3 is 2.92 bits per heavy atom. The van der Waals surface area contributed by atoms with Crippen molar-refractivity contribution in [3.63, 3.8) is 0 Å². The van der Waals surface area contributed by atoms with Crippen LogP contribution in [0.25, 0.3) is 0 Å². The molecule has 1 heterocycles. The summed E-state index contributed by atoms with van der Waals surface area (Å²) >= 11 is 3.38. The molecule has 0 saturated carbocycles. The number of aromatic nitrogens is 3. The van der Waals surface area contributed by atoms with Gasteiger partial charge in [0, 0.05) is 0 Å². The van der Waals surface area contributed by atoms with Crippen molar-refractivity contribution in [1.82, 2.24) is 20.6 Å². The number of anilines is 1. The number of ether oxygens (including phenoxy) is 1. The van der Waals surface area contributed by atoms with Crippen LogP contribution in [0.4, 0.5) is 5.82 Å². The fourth-order valence-corrected chi connectivity index (χ4v) is 2.23. The number of nitrogens with one attached hydrogen (secondary N) is 4. The molecule has 1 amide bonds. The van der Waals surface area contributed by atoms with Crippen LogP contribution < -0.4 is 26.7 Å². The summed E-state index contributed by atoms with van der Waals surface area (Å²) < 4.78 is 6.17. The van der Waals surface area contributed by atoms with E-state index in [2.05, 4.69) is 36.9 Å². The van der Waals surface area contributed by atoms with Crippen molar-refractivity contribution in [1.29, 1.82) is 0 Å². The van der Waals surface area contributed by atoms with Gasteiger partial charge in [-0.05, 0) is 46.6 Å². The normalized spacial score (nSPS) is 10.6. The third kappa shape index (κ3) is 5.57. The van der Waals surface area contributed by atoms with E-state index in [0.29, 0.717) is 12.4 Å². The smallest absolute Gasteiger partial charge is 0.342 e. The van der Waals surface area contributed by atoms with E-state index in [1.807, 2.05) is 17.0 Å². The molecule has 0 unspecified atom stereocenters. The first kappa shape index (κ1) is 18.4. The lowest BCUT2D eigenvalue weighted by molar-refractivity contribution is -0.119. The van der Waals surface area contributed by atoms with E-state index < -0.39 is 17.2 Å². The second-order valence-corrected chi connectivity index (χ2v) is 5.48. The number of hydrazone groups is 1. The van der Waals surface area contributed by atoms with Gasteiger partial charge in [-0.2, -0.15) is 5.10 Å². The number of H-pyrrole nitrogens is 2. The number of carbonyl (C=O) groups is 1. The van der Waals surface area contributed by atoms with Gasteiger partial charge in [-0.3, -0.25) is 14.6 Å². The maximum Gasteiger partial charge on any atom is 0.342 e. The molecular formula is C14H15BrN6O4. The second-order valence-electron chi connectivity index (χ2n) is 4.63. The van der Waals surface area contributed by atoms with Gasteiger partial charge in [0.05, 0.1) is 23.8 Å². The molecular weight excluding hydrogens is 396 g/mol. The molecule has 2 aromatic rings. The van der Waals surface area contributed by atoms with Crippen molar-refractivity contribution in [2.75, 3.05) is 18.5 Å². The van der Waals surface area contributed by atoms with Crippen LogP contribution >= 0.6 is 15.9 Å². The quantitative estimate of drug-likeness (QED) is 0.379. The van der Waals surface area contributed by atoms with Crippen LogP contribution in [0.2, 0.25) is 0 Å². The molecule has 11 heteroatoms. The van der Waals surface area contributed by atoms with Crippen molar-refractivity contribution < 1.29 is 9.53 Å². The first-order valence-corrected chi connectivity index (χ1v) is 7.96. The number of halogens is 1. The molecule has 0 bridgehead atoms. The minimum absolute atomic E-state index is 0.172. The zero-order valence-electron chi connectivity index (χ0n) is 13.1. The Balaban J connectivity index is 1.87. The summed E-state index contributed by atoms with van der Waals surface area (Å²) in [6.07, 6.45) is 1.46. The maximum atomic E-state index is 11.7. The van der Waals surface area contributed by atoms with E-state index in [1.165, 1.54) is 6.21 Å². The molecule has 0 aliphatic carbocycles. The third-order valence-electron chi connectivity index (χ3n) is 2.79. The van der Waals surface area contributed by atoms with E-state index in [4.69, 9.17) is 4.74 Å². The van der Waals surface area contributed by atoms with Crippen molar-refractivity contribution in [3.05, 3.63) is 49.1 Å². The summed E-state index contributed by atoms with van der Waals surface area (Å²) in [6.45, 7) is 2.20. The molecule has 132 valence electrons. The van der Waals surface area contributed by atoms with Crippen LogP contribution in [-0.2, 0) is 4.79 Å². The first-order chi connectivity index (χ1) is 12.0. The van der Waals surface area contributed by atoms with Crippen molar-refractivity contribution in [2.45, 2.75) is 6.92 Å². The van der Waals surface area contributed by atoms with Gasteiger partial charge in [0.2, 0.25) is 5.82 Å². The summed E-state index contributed by atoms with van der Waals surface area (Å²) in [7, 11) is 0. The van der Waals surface area contributed by atoms with Gasteiger partial charge in [0.25, 0.3) is 11.5 Å². The van der Waals surface area contributed by atoms with Gasteiger partial charge in [-0.25, -0.2) is 15.3 Å². The van der Waals surface area contributed by atoms with Crippen LogP contribution in [0.5, 0.6) is 5.75 Å². The van der Waals surface area contributed by atoms with E-state index >= 15 is 0 Å². The Bertz CT molecular complexity index is 891. The Morgan fingerprint density at radius 2 is 2.24 bits per heavy atom. The molecule has 4 N–H and O–H groups in total. The lowest BCUT2D eigenvalue weighted by Gasteiger charge is -2.06. The number of carbonyl (C=O) groups excluding carboxylic acids is 1. The van der Waals surface area contributed by atoms with E-state index in [9.17, 15) is 14.4 Å². The summed E-state index contributed by atoms with van der Waals surface area (Å²) in [4.78, 5) is 35.8. The van der Waals surface area contributed by atoms with Gasteiger partial charge in [0.1, 0.15) is 5.75 Å². The van der Waals surface area contributed by atoms with E-state index in [0.717, 1.165) is 10.0 Å². The van der Waals surface area contributed by atoms with Crippen molar-refractivity contribution in [2.24, 2.45) is 5.10 Å². The molecule has 2 rings (SSSR count). The van der Waals surface area contributed by atoms with E-state index in [1.54, 1.807) is 18.2 Å². The summed E-state index contributed by atoms with van der Waals surface area (Å²) in [5.41, 5.74) is 1.60. The number of hydrogen-bond acceptors (Lipinski definition) is 7. The monoisotopic (exact) mass is 410 g/mol. The largest absolute Gasteiger partial charge is 0.493 e. The second kappa shape index (κ2) is 8.78. The molecule has 0 aliphatic rings. The molecule has 0 radical (unpaired) electrons. The fourth-order valence-electron chi connectivity index (χ4n) is 1.72. The van der Waals surface area contributed by atoms with Crippen LogP contribution in [0.3, 0.4) is 0 Å². The van der Waals surface area contributed by atoms with Crippen LogP contribution in [0, 0.1) is 0 Å². The average Bonchev–Trinajstić information content (AvgIpc) is 2.56. The maximum absolute atomic E-state index is 11.7.